The maximum Gasteiger partial charge on any atom is 0.325 e. The van der Waals surface area contributed by atoms with Gasteiger partial charge in [-0.05, 0) is 0 Å². The lowest BCUT2D eigenvalue weighted by Gasteiger charge is -2.08. The minimum atomic E-state index is -3.43. The Bertz CT molecular complexity index is 233. The van der Waals surface area contributed by atoms with Crippen molar-refractivity contribution in [2.24, 2.45) is 5.73 Å². The Kier molecular flexibility index (Phi) is 3.47. The van der Waals surface area contributed by atoms with E-state index in [4.69, 9.17) is 5.73 Å². The van der Waals surface area contributed by atoms with Crippen molar-refractivity contribution in [3.8, 4) is 0 Å². The van der Waals surface area contributed by atoms with Gasteiger partial charge in [0.2, 0.25) is 0 Å². The van der Waals surface area contributed by atoms with E-state index in [1.165, 1.54) is 0 Å². The number of methoxy groups -OCH3 is 1. The molecule has 0 aliphatic rings. The number of hydrogen-bond donors (Lipinski definition) is 1. The van der Waals surface area contributed by atoms with E-state index in [-0.39, 0.29) is 6.54 Å². The van der Waals surface area contributed by atoms with Crippen LogP contribution in [0.2, 0.25) is 0 Å². The summed E-state index contributed by atoms with van der Waals surface area (Å²) < 4.78 is 25.8. The lowest BCUT2D eigenvalue weighted by Crippen LogP contribution is -2.37. The molecule has 0 aromatic rings. The van der Waals surface area contributed by atoms with Crippen LogP contribution in [0.3, 0.4) is 0 Å². The van der Waals surface area contributed by atoms with Gasteiger partial charge in [-0.3, -0.25) is 4.79 Å². The molecule has 2 N–H and O–H groups in total. The van der Waals surface area contributed by atoms with Crippen molar-refractivity contribution >= 4 is 15.8 Å². The molecule has 0 aromatic heterocycles. The molecular formula is C5H11NO4S. The number of carbonyl (C=O) groups is 1. The Morgan fingerprint density at radius 2 is 2.09 bits per heavy atom. The summed E-state index contributed by atoms with van der Waals surface area (Å²) in [6.45, 7) is -0.245. The van der Waals surface area contributed by atoms with Gasteiger partial charge in [0.15, 0.2) is 15.1 Å². The first-order valence-electron chi connectivity index (χ1n) is 2.90. The number of sulfone groups is 1. The van der Waals surface area contributed by atoms with Gasteiger partial charge in [0.1, 0.15) is 0 Å². The highest BCUT2D eigenvalue weighted by atomic mass is 32.2. The topological polar surface area (TPSA) is 86.5 Å². The van der Waals surface area contributed by atoms with Crippen molar-refractivity contribution in [1.29, 1.82) is 0 Å². The van der Waals surface area contributed by atoms with Gasteiger partial charge in [0.25, 0.3) is 0 Å². The highest BCUT2D eigenvalue weighted by molar-refractivity contribution is 7.92. The molecule has 0 aliphatic carbocycles. The van der Waals surface area contributed by atoms with E-state index < -0.39 is 21.1 Å². The SMILES string of the molecule is COC(=O)C(CN)S(C)(=O)=O. The van der Waals surface area contributed by atoms with Crippen molar-refractivity contribution in [2.45, 2.75) is 5.25 Å². The lowest BCUT2D eigenvalue weighted by atomic mass is 10.4. The Labute approximate surface area is 65.4 Å². The van der Waals surface area contributed by atoms with E-state index >= 15 is 0 Å². The quantitative estimate of drug-likeness (QED) is 0.537. The molecule has 0 fully saturated rings. The normalized spacial score (nSPS) is 14.1. The maximum atomic E-state index is 10.8. The van der Waals surface area contributed by atoms with Crippen LogP contribution in [-0.4, -0.2) is 39.5 Å². The number of carbonyl (C=O) groups excluding carboxylic acids is 1. The van der Waals surface area contributed by atoms with Crippen LogP contribution in [-0.2, 0) is 19.4 Å². The summed E-state index contributed by atoms with van der Waals surface area (Å²) in [5, 5.41) is -1.23. The molecule has 0 bridgehead atoms. The maximum absolute atomic E-state index is 10.8. The van der Waals surface area contributed by atoms with Gasteiger partial charge in [-0.15, -0.1) is 0 Å². The van der Waals surface area contributed by atoms with Gasteiger partial charge < -0.3 is 10.5 Å². The Balaban J connectivity index is 4.56. The highest BCUT2D eigenvalue weighted by Gasteiger charge is 2.27. The van der Waals surface area contributed by atoms with E-state index in [0.29, 0.717) is 0 Å². The highest BCUT2D eigenvalue weighted by Crippen LogP contribution is 1.98. The summed E-state index contributed by atoms with van der Waals surface area (Å²) in [6, 6.07) is 0. The molecule has 0 rings (SSSR count). The molecule has 0 amide bonds. The molecule has 0 aliphatic heterocycles. The molecule has 0 aromatic carbocycles. The fraction of sp³-hybridized carbons (Fsp3) is 0.800. The first kappa shape index (κ1) is 10.4. The van der Waals surface area contributed by atoms with E-state index in [1.807, 2.05) is 0 Å². The van der Waals surface area contributed by atoms with Gasteiger partial charge in [-0.1, -0.05) is 0 Å². The summed E-state index contributed by atoms with van der Waals surface area (Å²) in [5.74, 6) is -0.810. The van der Waals surface area contributed by atoms with Crippen LogP contribution in [0.1, 0.15) is 0 Å². The third-order valence-electron chi connectivity index (χ3n) is 1.19. The van der Waals surface area contributed by atoms with Crippen molar-refractivity contribution in [1.82, 2.24) is 0 Å². The largest absolute Gasteiger partial charge is 0.468 e. The van der Waals surface area contributed by atoms with Gasteiger partial charge in [0, 0.05) is 12.8 Å². The second-order valence-corrected chi connectivity index (χ2v) is 4.31. The van der Waals surface area contributed by atoms with E-state index in [1.54, 1.807) is 0 Å². The van der Waals surface area contributed by atoms with Gasteiger partial charge in [0.05, 0.1) is 7.11 Å². The van der Waals surface area contributed by atoms with Crippen molar-refractivity contribution in [3.63, 3.8) is 0 Å². The average molecular weight is 181 g/mol. The molecule has 1 unspecified atom stereocenters. The molecule has 11 heavy (non-hydrogen) atoms. The molecular weight excluding hydrogens is 170 g/mol. The van der Waals surface area contributed by atoms with Gasteiger partial charge >= 0.3 is 5.97 Å². The number of rotatable bonds is 3. The van der Waals surface area contributed by atoms with E-state index in [9.17, 15) is 13.2 Å². The number of ether oxygens (including phenoxy) is 1. The van der Waals surface area contributed by atoms with Crippen molar-refractivity contribution in [2.75, 3.05) is 19.9 Å². The molecule has 0 heterocycles. The molecule has 1 atom stereocenters. The molecule has 66 valence electrons. The van der Waals surface area contributed by atoms with Crippen LogP contribution in [0, 0.1) is 0 Å². The van der Waals surface area contributed by atoms with Crippen LogP contribution >= 0.6 is 0 Å². The van der Waals surface area contributed by atoms with Gasteiger partial charge in [-0.2, -0.15) is 0 Å². The summed E-state index contributed by atoms with van der Waals surface area (Å²) in [5.41, 5.74) is 5.06. The minimum Gasteiger partial charge on any atom is -0.468 e. The number of hydrogen-bond acceptors (Lipinski definition) is 5. The molecule has 0 radical (unpaired) electrons. The second-order valence-electron chi connectivity index (χ2n) is 2.08. The number of esters is 1. The van der Waals surface area contributed by atoms with Crippen LogP contribution in [0.5, 0.6) is 0 Å². The van der Waals surface area contributed by atoms with E-state index in [2.05, 4.69) is 4.74 Å². The average Bonchev–Trinajstić information content (AvgIpc) is 1.86. The lowest BCUT2D eigenvalue weighted by molar-refractivity contribution is -0.139. The Hall–Kier alpha value is -0.620. The second kappa shape index (κ2) is 3.68. The van der Waals surface area contributed by atoms with Crippen LogP contribution < -0.4 is 5.73 Å². The zero-order chi connectivity index (χ0) is 9.07. The fourth-order valence-electron chi connectivity index (χ4n) is 0.577. The predicted octanol–water partition coefficient (Wildman–Crippen LogP) is -1.47. The molecule has 0 saturated heterocycles. The zero-order valence-electron chi connectivity index (χ0n) is 6.40. The van der Waals surface area contributed by atoms with Gasteiger partial charge in [-0.25, -0.2) is 8.42 Å². The predicted molar refractivity (Wildman–Crippen MR) is 39.7 cm³/mol. The van der Waals surface area contributed by atoms with Crippen LogP contribution in [0.25, 0.3) is 0 Å². The Morgan fingerprint density at radius 1 is 1.64 bits per heavy atom. The van der Waals surface area contributed by atoms with Crippen LogP contribution in [0.15, 0.2) is 0 Å². The van der Waals surface area contributed by atoms with Crippen LogP contribution in [0.4, 0.5) is 0 Å². The van der Waals surface area contributed by atoms with Crippen molar-refractivity contribution < 1.29 is 17.9 Å². The molecule has 0 spiro atoms. The number of nitrogens with two attached hydrogens (primary N) is 1. The first-order valence-corrected chi connectivity index (χ1v) is 4.85. The summed E-state index contributed by atoms with van der Waals surface area (Å²) in [6.07, 6.45) is 0.946. The standard InChI is InChI=1S/C5H11NO4S/c1-10-5(7)4(3-6)11(2,8)9/h4H,3,6H2,1-2H3. The fourth-order valence-corrected chi connectivity index (χ4v) is 1.37. The third kappa shape index (κ3) is 2.85. The van der Waals surface area contributed by atoms with Crippen molar-refractivity contribution in [3.05, 3.63) is 0 Å². The Morgan fingerprint density at radius 3 is 2.18 bits per heavy atom. The third-order valence-corrected chi connectivity index (χ3v) is 2.61. The molecule has 5 nitrogen and oxygen atoms in total. The van der Waals surface area contributed by atoms with E-state index in [0.717, 1.165) is 13.4 Å². The smallest absolute Gasteiger partial charge is 0.325 e. The summed E-state index contributed by atoms with van der Waals surface area (Å²) >= 11 is 0. The zero-order valence-corrected chi connectivity index (χ0v) is 7.22. The summed E-state index contributed by atoms with van der Waals surface area (Å²) in [7, 11) is -2.30. The molecule has 6 heteroatoms. The monoisotopic (exact) mass is 181 g/mol. The minimum absolute atomic E-state index is 0.245. The molecule has 0 saturated carbocycles. The summed E-state index contributed by atoms with van der Waals surface area (Å²) in [4.78, 5) is 10.7. The first-order chi connectivity index (χ1) is 4.93.